The van der Waals surface area contributed by atoms with Gasteiger partial charge in [-0.3, -0.25) is 9.78 Å². The van der Waals surface area contributed by atoms with E-state index in [1.54, 1.807) is 30.6 Å². The second-order valence-corrected chi connectivity index (χ2v) is 4.30. The van der Waals surface area contributed by atoms with Crippen LogP contribution in [-0.4, -0.2) is 15.9 Å². The highest BCUT2D eigenvalue weighted by molar-refractivity contribution is 6.07. The van der Waals surface area contributed by atoms with Crippen LogP contribution in [0.25, 0.3) is 10.9 Å². The van der Waals surface area contributed by atoms with Gasteiger partial charge in [0.1, 0.15) is 5.82 Å². The molecule has 0 spiro atoms. The number of carbonyl (C=O) groups excluding carboxylic acids is 1. The van der Waals surface area contributed by atoms with Crippen LogP contribution in [0.1, 0.15) is 10.4 Å². The molecule has 0 saturated carbocycles. The average Bonchev–Trinajstić information content (AvgIpc) is 2.47. The second-order valence-electron chi connectivity index (χ2n) is 4.30. The lowest BCUT2D eigenvalue weighted by molar-refractivity contribution is 0.102. The Balaban J connectivity index is 1.89. The Morgan fingerprint density at radius 3 is 2.70 bits per heavy atom. The van der Waals surface area contributed by atoms with Crippen molar-refractivity contribution in [1.82, 2.24) is 9.97 Å². The molecule has 1 amide bonds. The Bertz CT molecular complexity index is 785. The minimum atomic E-state index is -0.279. The number of anilines is 2. The van der Waals surface area contributed by atoms with Gasteiger partial charge in [-0.15, -0.1) is 0 Å². The maximum absolute atomic E-state index is 12.1. The lowest BCUT2D eigenvalue weighted by Gasteiger charge is -2.07. The van der Waals surface area contributed by atoms with Crippen molar-refractivity contribution in [3.63, 3.8) is 0 Å². The highest BCUT2D eigenvalue weighted by Gasteiger charge is 2.10. The number of nitrogen functional groups attached to an aromatic ring is 1. The zero-order valence-corrected chi connectivity index (χ0v) is 10.6. The standard InChI is InChI=1S/C15H12N4O/c16-14-12(4-2-8-18-14)15(20)19-11-5-6-13-10(9-11)3-1-7-17-13/h1-9H,(H2,16,18)(H,19,20). The Hall–Kier alpha value is -2.95. The molecule has 2 aromatic heterocycles. The van der Waals surface area contributed by atoms with Crippen molar-refractivity contribution in [1.29, 1.82) is 0 Å². The molecular formula is C15H12N4O. The molecule has 5 heteroatoms. The van der Waals surface area contributed by atoms with E-state index in [4.69, 9.17) is 5.73 Å². The number of benzene rings is 1. The second kappa shape index (κ2) is 4.97. The molecule has 0 aliphatic rings. The van der Waals surface area contributed by atoms with Gasteiger partial charge in [-0.05, 0) is 36.4 Å². The van der Waals surface area contributed by atoms with Crippen LogP contribution < -0.4 is 11.1 Å². The smallest absolute Gasteiger partial charge is 0.259 e. The summed E-state index contributed by atoms with van der Waals surface area (Å²) in [6.45, 7) is 0. The number of carbonyl (C=O) groups is 1. The van der Waals surface area contributed by atoms with Gasteiger partial charge < -0.3 is 11.1 Å². The summed E-state index contributed by atoms with van der Waals surface area (Å²) in [5.74, 6) is -0.0636. The number of rotatable bonds is 2. The predicted molar refractivity (Wildman–Crippen MR) is 78.3 cm³/mol. The Morgan fingerprint density at radius 2 is 1.85 bits per heavy atom. The number of nitrogens with one attached hydrogen (secondary N) is 1. The molecule has 20 heavy (non-hydrogen) atoms. The fourth-order valence-corrected chi connectivity index (χ4v) is 1.96. The number of amides is 1. The van der Waals surface area contributed by atoms with Crippen LogP contribution in [0.4, 0.5) is 11.5 Å². The van der Waals surface area contributed by atoms with E-state index < -0.39 is 0 Å². The van der Waals surface area contributed by atoms with E-state index in [1.807, 2.05) is 24.3 Å². The van der Waals surface area contributed by atoms with E-state index in [0.717, 1.165) is 10.9 Å². The van der Waals surface area contributed by atoms with Gasteiger partial charge in [-0.2, -0.15) is 0 Å². The fourth-order valence-electron chi connectivity index (χ4n) is 1.96. The zero-order valence-electron chi connectivity index (χ0n) is 10.6. The van der Waals surface area contributed by atoms with Gasteiger partial charge in [0.2, 0.25) is 0 Å². The molecule has 98 valence electrons. The van der Waals surface area contributed by atoms with Crippen LogP contribution in [-0.2, 0) is 0 Å². The van der Waals surface area contributed by atoms with E-state index in [1.165, 1.54) is 0 Å². The third-order valence-corrected chi connectivity index (χ3v) is 2.94. The van der Waals surface area contributed by atoms with E-state index in [9.17, 15) is 4.79 Å². The van der Waals surface area contributed by atoms with Gasteiger partial charge in [0.15, 0.2) is 0 Å². The molecule has 0 aliphatic heterocycles. The molecule has 0 aliphatic carbocycles. The minimum Gasteiger partial charge on any atom is -0.383 e. The maximum atomic E-state index is 12.1. The Morgan fingerprint density at radius 1 is 1.05 bits per heavy atom. The van der Waals surface area contributed by atoms with E-state index in [2.05, 4.69) is 15.3 Å². The Labute approximate surface area is 115 Å². The maximum Gasteiger partial charge on any atom is 0.259 e. The summed E-state index contributed by atoms with van der Waals surface area (Å²) in [5.41, 5.74) is 7.62. The normalized spacial score (nSPS) is 10.4. The van der Waals surface area contributed by atoms with Crippen molar-refractivity contribution in [2.24, 2.45) is 0 Å². The van der Waals surface area contributed by atoms with Crippen LogP contribution in [0, 0.1) is 0 Å². The first kappa shape index (κ1) is 12.1. The molecule has 0 bridgehead atoms. The summed E-state index contributed by atoms with van der Waals surface area (Å²) in [7, 11) is 0. The summed E-state index contributed by atoms with van der Waals surface area (Å²) in [6, 6.07) is 12.6. The van der Waals surface area contributed by atoms with Gasteiger partial charge in [0.05, 0.1) is 11.1 Å². The molecule has 0 unspecified atom stereocenters. The molecule has 1 aromatic carbocycles. The molecule has 5 nitrogen and oxygen atoms in total. The largest absolute Gasteiger partial charge is 0.383 e. The summed E-state index contributed by atoms with van der Waals surface area (Å²) in [4.78, 5) is 20.3. The van der Waals surface area contributed by atoms with Crippen molar-refractivity contribution < 1.29 is 4.79 Å². The molecule has 3 aromatic rings. The number of pyridine rings is 2. The Kier molecular flexibility index (Phi) is 3.01. The molecule has 0 radical (unpaired) electrons. The fraction of sp³-hybridized carbons (Fsp3) is 0. The SMILES string of the molecule is Nc1ncccc1C(=O)Nc1ccc2ncccc2c1. The van der Waals surface area contributed by atoms with Crippen LogP contribution in [0.5, 0.6) is 0 Å². The van der Waals surface area contributed by atoms with Gasteiger partial charge >= 0.3 is 0 Å². The number of aromatic nitrogens is 2. The van der Waals surface area contributed by atoms with E-state index in [-0.39, 0.29) is 11.7 Å². The number of hydrogen-bond acceptors (Lipinski definition) is 4. The van der Waals surface area contributed by atoms with Gasteiger partial charge in [-0.25, -0.2) is 4.98 Å². The number of fused-ring (bicyclic) bond motifs is 1. The number of nitrogens with two attached hydrogens (primary N) is 1. The zero-order chi connectivity index (χ0) is 13.9. The van der Waals surface area contributed by atoms with E-state index in [0.29, 0.717) is 11.3 Å². The third kappa shape index (κ3) is 2.29. The summed E-state index contributed by atoms with van der Waals surface area (Å²) in [6.07, 6.45) is 3.28. The quantitative estimate of drug-likeness (QED) is 0.745. The van der Waals surface area contributed by atoms with Crippen LogP contribution in [0.2, 0.25) is 0 Å². The molecule has 0 atom stereocenters. The summed E-state index contributed by atoms with van der Waals surface area (Å²) in [5, 5.41) is 3.77. The number of nitrogens with zero attached hydrogens (tertiary/aromatic N) is 2. The predicted octanol–water partition coefficient (Wildman–Crippen LogP) is 2.46. The highest BCUT2D eigenvalue weighted by Crippen LogP contribution is 2.18. The van der Waals surface area contributed by atoms with Crippen LogP contribution in [0.15, 0.2) is 54.9 Å². The third-order valence-electron chi connectivity index (χ3n) is 2.94. The van der Waals surface area contributed by atoms with Crippen molar-refractivity contribution in [2.45, 2.75) is 0 Å². The first-order valence-electron chi connectivity index (χ1n) is 6.11. The molecular weight excluding hydrogens is 252 g/mol. The van der Waals surface area contributed by atoms with Gasteiger partial charge in [0, 0.05) is 23.5 Å². The topological polar surface area (TPSA) is 80.9 Å². The molecule has 0 fully saturated rings. The molecule has 0 saturated heterocycles. The van der Waals surface area contributed by atoms with Gasteiger partial charge in [-0.1, -0.05) is 6.07 Å². The van der Waals surface area contributed by atoms with E-state index >= 15 is 0 Å². The monoisotopic (exact) mass is 264 g/mol. The molecule has 3 rings (SSSR count). The van der Waals surface area contributed by atoms with Gasteiger partial charge in [0.25, 0.3) is 5.91 Å². The van der Waals surface area contributed by atoms with Crippen LogP contribution >= 0.6 is 0 Å². The van der Waals surface area contributed by atoms with Crippen molar-refractivity contribution in [3.8, 4) is 0 Å². The van der Waals surface area contributed by atoms with Crippen LogP contribution in [0.3, 0.4) is 0 Å². The first-order chi connectivity index (χ1) is 9.74. The first-order valence-corrected chi connectivity index (χ1v) is 6.11. The lowest BCUT2D eigenvalue weighted by Crippen LogP contribution is -2.14. The highest BCUT2D eigenvalue weighted by atomic mass is 16.1. The van der Waals surface area contributed by atoms with Crippen molar-refractivity contribution in [2.75, 3.05) is 11.1 Å². The lowest BCUT2D eigenvalue weighted by atomic mass is 10.2. The summed E-state index contributed by atoms with van der Waals surface area (Å²) >= 11 is 0. The molecule has 3 N–H and O–H groups in total. The average molecular weight is 264 g/mol. The van der Waals surface area contributed by atoms with Crippen molar-refractivity contribution >= 4 is 28.3 Å². The summed E-state index contributed by atoms with van der Waals surface area (Å²) < 4.78 is 0. The minimum absolute atomic E-state index is 0.215. The molecule has 2 heterocycles. The number of hydrogen-bond donors (Lipinski definition) is 2. The van der Waals surface area contributed by atoms with Crippen molar-refractivity contribution in [3.05, 3.63) is 60.4 Å².